The molecule has 6 nitrogen and oxygen atoms in total. The van der Waals surface area contributed by atoms with Crippen molar-refractivity contribution in [3.05, 3.63) is 36.5 Å². The van der Waals surface area contributed by atoms with Gasteiger partial charge in [-0.2, -0.15) is 0 Å². The number of aromatic nitrogens is 3. The lowest BCUT2D eigenvalue weighted by Gasteiger charge is -2.12. The van der Waals surface area contributed by atoms with Crippen LogP contribution in [0.2, 0.25) is 0 Å². The first kappa shape index (κ1) is 14.9. The molecule has 0 amide bonds. The number of aliphatic hydroxyl groups is 1. The van der Waals surface area contributed by atoms with Gasteiger partial charge in [0.15, 0.2) is 0 Å². The average molecular weight is 327 g/mol. The van der Waals surface area contributed by atoms with Crippen molar-refractivity contribution in [1.82, 2.24) is 14.5 Å². The predicted octanol–water partition coefficient (Wildman–Crippen LogP) is 2.49. The Morgan fingerprint density at radius 3 is 2.71 bits per heavy atom. The largest absolute Gasteiger partial charge is 0.399 e. The Labute approximate surface area is 137 Å². The smallest absolute Gasteiger partial charge is 0.146 e. The monoisotopic (exact) mass is 327 g/mol. The van der Waals surface area contributed by atoms with Crippen molar-refractivity contribution < 1.29 is 9.50 Å². The Morgan fingerprint density at radius 2 is 2.00 bits per heavy atom. The summed E-state index contributed by atoms with van der Waals surface area (Å²) in [6.07, 6.45) is 5.19. The number of nitrogen functional groups attached to an aromatic ring is 2. The molecule has 7 heteroatoms. The van der Waals surface area contributed by atoms with Gasteiger partial charge in [0, 0.05) is 29.1 Å². The van der Waals surface area contributed by atoms with Crippen LogP contribution in [0.3, 0.4) is 0 Å². The van der Waals surface area contributed by atoms with Crippen molar-refractivity contribution >= 4 is 22.5 Å². The van der Waals surface area contributed by atoms with E-state index in [0.717, 1.165) is 12.8 Å². The van der Waals surface area contributed by atoms with E-state index in [2.05, 4.69) is 9.97 Å². The Hall–Kier alpha value is -2.67. The SMILES string of the molecule is Nc1ccc(-c2cn(C3CCC(O)C3)c3ncnc(N)c23)c(F)c1. The van der Waals surface area contributed by atoms with Gasteiger partial charge in [0.1, 0.15) is 23.6 Å². The van der Waals surface area contributed by atoms with Gasteiger partial charge in [-0.25, -0.2) is 14.4 Å². The van der Waals surface area contributed by atoms with Gasteiger partial charge in [-0.15, -0.1) is 0 Å². The lowest BCUT2D eigenvalue weighted by molar-refractivity contribution is 0.178. The first-order valence-corrected chi connectivity index (χ1v) is 7.89. The molecule has 4 rings (SSSR count). The van der Waals surface area contributed by atoms with Gasteiger partial charge in [0.05, 0.1) is 11.5 Å². The molecule has 2 atom stereocenters. The molecule has 1 saturated carbocycles. The minimum atomic E-state index is -0.413. The van der Waals surface area contributed by atoms with E-state index in [1.165, 1.54) is 12.4 Å². The van der Waals surface area contributed by atoms with Gasteiger partial charge in [-0.05, 0) is 37.5 Å². The standard InChI is InChI=1S/C17H18FN5O/c18-14-5-9(19)1-4-12(14)13-7-23(10-2-3-11(24)6-10)17-15(13)16(20)21-8-22-17/h1,4-5,7-8,10-11,24H,2-3,6,19H2,(H2,20,21,22). The summed E-state index contributed by atoms with van der Waals surface area (Å²) < 4.78 is 16.4. The number of hydrogen-bond acceptors (Lipinski definition) is 5. The molecule has 2 aromatic heterocycles. The highest BCUT2D eigenvalue weighted by atomic mass is 19.1. The van der Waals surface area contributed by atoms with E-state index in [4.69, 9.17) is 11.5 Å². The molecule has 0 spiro atoms. The Kier molecular flexibility index (Phi) is 3.38. The molecule has 1 fully saturated rings. The van der Waals surface area contributed by atoms with Crippen molar-refractivity contribution in [3.8, 4) is 11.1 Å². The van der Waals surface area contributed by atoms with Gasteiger partial charge in [0.25, 0.3) is 0 Å². The summed E-state index contributed by atoms with van der Waals surface area (Å²) in [5.41, 5.74) is 13.8. The van der Waals surface area contributed by atoms with Crippen LogP contribution in [0.4, 0.5) is 15.9 Å². The number of anilines is 2. The molecule has 0 bridgehead atoms. The molecule has 0 radical (unpaired) electrons. The van der Waals surface area contributed by atoms with Gasteiger partial charge >= 0.3 is 0 Å². The number of nitrogens with zero attached hydrogens (tertiary/aromatic N) is 3. The molecule has 2 unspecified atom stereocenters. The third-order valence-electron chi connectivity index (χ3n) is 4.69. The number of hydrogen-bond donors (Lipinski definition) is 3. The zero-order valence-electron chi connectivity index (χ0n) is 13.0. The first-order chi connectivity index (χ1) is 11.5. The third-order valence-corrected chi connectivity index (χ3v) is 4.69. The quantitative estimate of drug-likeness (QED) is 0.628. The highest BCUT2D eigenvalue weighted by molar-refractivity contribution is 6.00. The molecule has 0 aliphatic heterocycles. The molecule has 24 heavy (non-hydrogen) atoms. The van der Waals surface area contributed by atoms with Crippen LogP contribution in [0.1, 0.15) is 25.3 Å². The molecular formula is C17H18FN5O. The second-order valence-electron chi connectivity index (χ2n) is 6.27. The molecule has 1 aromatic carbocycles. The summed E-state index contributed by atoms with van der Waals surface area (Å²) in [7, 11) is 0. The fraction of sp³-hybridized carbons (Fsp3) is 0.294. The maximum atomic E-state index is 14.4. The molecule has 3 aromatic rings. The van der Waals surface area contributed by atoms with Crippen molar-refractivity contribution in [2.24, 2.45) is 0 Å². The number of aliphatic hydroxyl groups excluding tert-OH is 1. The highest BCUT2D eigenvalue weighted by Gasteiger charge is 2.27. The van der Waals surface area contributed by atoms with Crippen LogP contribution in [0.5, 0.6) is 0 Å². The van der Waals surface area contributed by atoms with Crippen LogP contribution in [0, 0.1) is 5.82 Å². The number of halogens is 1. The summed E-state index contributed by atoms with van der Waals surface area (Å²) in [4.78, 5) is 8.40. The maximum absolute atomic E-state index is 14.4. The van der Waals surface area contributed by atoms with E-state index in [0.29, 0.717) is 40.1 Å². The van der Waals surface area contributed by atoms with Crippen molar-refractivity contribution in [3.63, 3.8) is 0 Å². The maximum Gasteiger partial charge on any atom is 0.146 e. The van der Waals surface area contributed by atoms with E-state index in [1.54, 1.807) is 12.1 Å². The Bertz CT molecular complexity index is 923. The highest BCUT2D eigenvalue weighted by Crippen LogP contribution is 2.39. The molecule has 124 valence electrons. The zero-order valence-corrected chi connectivity index (χ0v) is 13.0. The van der Waals surface area contributed by atoms with Crippen molar-refractivity contribution in [1.29, 1.82) is 0 Å². The number of rotatable bonds is 2. The van der Waals surface area contributed by atoms with E-state index in [-0.39, 0.29) is 12.1 Å². The van der Waals surface area contributed by atoms with E-state index < -0.39 is 5.82 Å². The second-order valence-corrected chi connectivity index (χ2v) is 6.27. The predicted molar refractivity (Wildman–Crippen MR) is 90.6 cm³/mol. The number of nitrogens with two attached hydrogens (primary N) is 2. The normalized spacial score (nSPS) is 20.8. The number of fused-ring (bicyclic) bond motifs is 1. The summed E-state index contributed by atoms with van der Waals surface area (Å²) in [6.45, 7) is 0. The molecule has 0 saturated heterocycles. The van der Waals surface area contributed by atoms with E-state index in [9.17, 15) is 9.50 Å². The van der Waals surface area contributed by atoms with Crippen LogP contribution in [0.15, 0.2) is 30.7 Å². The number of benzene rings is 1. The second kappa shape index (κ2) is 5.45. The topological polar surface area (TPSA) is 103 Å². The zero-order chi connectivity index (χ0) is 16.8. The van der Waals surface area contributed by atoms with Crippen LogP contribution >= 0.6 is 0 Å². The fourth-order valence-corrected chi connectivity index (χ4v) is 3.53. The third kappa shape index (κ3) is 2.28. The van der Waals surface area contributed by atoms with Crippen LogP contribution in [-0.2, 0) is 0 Å². The van der Waals surface area contributed by atoms with Gasteiger partial charge in [-0.1, -0.05) is 0 Å². The molecule has 2 heterocycles. The van der Waals surface area contributed by atoms with E-state index >= 15 is 0 Å². The van der Waals surface area contributed by atoms with Crippen LogP contribution in [0.25, 0.3) is 22.2 Å². The lowest BCUT2D eigenvalue weighted by Crippen LogP contribution is -2.07. The lowest BCUT2D eigenvalue weighted by atomic mass is 10.1. The summed E-state index contributed by atoms with van der Waals surface area (Å²) >= 11 is 0. The molecule has 1 aliphatic carbocycles. The minimum Gasteiger partial charge on any atom is -0.399 e. The molecule has 5 N–H and O–H groups in total. The van der Waals surface area contributed by atoms with Gasteiger partial charge in [-0.3, -0.25) is 0 Å². The van der Waals surface area contributed by atoms with E-state index in [1.807, 2.05) is 10.8 Å². The summed E-state index contributed by atoms with van der Waals surface area (Å²) in [5.74, 6) is -0.104. The van der Waals surface area contributed by atoms with Gasteiger partial charge < -0.3 is 21.1 Å². The Morgan fingerprint density at radius 1 is 1.17 bits per heavy atom. The van der Waals surface area contributed by atoms with Crippen LogP contribution in [-0.4, -0.2) is 25.7 Å². The summed E-state index contributed by atoms with van der Waals surface area (Å²) in [6, 6.07) is 4.70. The average Bonchev–Trinajstić information content (AvgIpc) is 3.12. The van der Waals surface area contributed by atoms with Crippen molar-refractivity contribution in [2.75, 3.05) is 11.5 Å². The molecular weight excluding hydrogens is 309 g/mol. The molecule has 1 aliphatic rings. The van der Waals surface area contributed by atoms with Crippen LogP contribution < -0.4 is 11.5 Å². The van der Waals surface area contributed by atoms with Gasteiger partial charge in [0.2, 0.25) is 0 Å². The van der Waals surface area contributed by atoms with Crippen molar-refractivity contribution in [2.45, 2.75) is 31.4 Å². The minimum absolute atomic E-state index is 0.113. The Balaban J connectivity index is 1.95. The fourth-order valence-electron chi connectivity index (χ4n) is 3.53. The first-order valence-electron chi connectivity index (χ1n) is 7.89. The summed E-state index contributed by atoms with van der Waals surface area (Å²) in [5, 5.41) is 10.5.